The Morgan fingerprint density at radius 1 is 1.47 bits per heavy atom. The number of rotatable bonds is 5. The molecule has 0 saturated carbocycles. The molecule has 0 aromatic heterocycles. The van der Waals surface area contributed by atoms with Gasteiger partial charge in [-0.1, -0.05) is 13.0 Å². The van der Waals surface area contributed by atoms with E-state index in [-0.39, 0.29) is 17.5 Å². The zero-order valence-electron chi connectivity index (χ0n) is 9.66. The summed E-state index contributed by atoms with van der Waals surface area (Å²) >= 11 is 1.25. The molecule has 0 aliphatic heterocycles. The number of hydrogen-bond acceptors (Lipinski definition) is 5. The molecule has 0 amide bonds. The van der Waals surface area contributed by atoms with Crippen LogP contribution >= 0.6 is 11.8 Å². The maximum atomic E-state index is 10.9. The minimum Gasteiger partial charge on any atom is -0.395 e. The molecule has 0 aliphatic carbocycles. The summed E-state index contributed by atoms with van der Waals surface area (Å²) in [5.41, 5.74) is 0.478. The summed E-state index contributed by atoms with van der Waals surface area (Å²) in [6, 6.07) is 4.64. The van der Waals surface area contributed by atoms with Crippen LogP contribution in [0.4, 0.5) is 5.69 Å². The average molecular weight is 257 g/mol. The van der Waals surface area contributed by atoms with Crippen LogP contribution in [0.25, 0.3) is 0 Å². The standard InChI is InChI=1S/C11H15NO4S/c1-7(6-13)17-11-4-3-9(8(2)14)5-10(11)12(15)16/h3-5,7-8,13-14H,6H2,1-2H3/t7?,8-/m1/s1. The van der Waals surface area contributed by atoms with Crippen molar-refractivity contribution in [1.82, 2.24) is 0 Å². The quantitative estimate of drug-likeness (QED) is 0.479. The molecule has 0 heterocycles. The van der Waals surface area contributed by atoms with Crippen molar-refractivity contribution in [2.24, 2.45) is 0 Å². The van der Waals surface area contributed by atoms with Gasteiger partial charge in [0.15, 0.2) is 0 Å². The van der Waals surface area contributed by atoms with Crippen molar-refractivity contribution in [2.45, 2.75) is 30.1 Å². The summed E-state index contributed by atoms with van der Waals surface area (Å²) in [4.78, 5) is 10.9. The van der Waals surface area contributed by atoms with E-state index in [0.717, 1.165) is 0 Å². The largest absolute Gasteiger partial charge is 0.395 e. The molecule has 17 heavy (non-hydrogen) atoms. The van der Waals surface area contributed by atoms with Crippen LogP contribution in [0.2, 0.25) is 0 Å². The van der Waals surface area contributed by atoms with Crippen molar-refractivity contribution >= 4 is 17.4 Å². The maximum absolute atomic E-state index is 10.9. The zero-order valence-corrected chi connectivity index (χ0v) is 10.5. The van der Waals surface area contributed by atoms with Gasteiger partial charge in [-0.15, -0.1) is 11.8 Å². The molecule has 0 fully saturated rings. The number of nitro groups is 1. The van der Waals surface area contributed by atoms with Crippen LogP contribution < -0.4 is 0 Å². The van der Waals surface area contributed by atoms with Gasteiger partial charge in [-0.2, -0.15) is 0 Å². The Balaban J connectivity index is 3.09. The third-order valence-corrected chi connectivity index (χ3v) is 3.40. The Bertz CT molecular complexity index is 408. The van der Waals surface area contributed by atoms with Gasteiger partial charge in [0.2, 0.25) is 0 Å². The van der Waals surface area contributed by atoms with Gasteiger partial charge >= 0.3 is 0 Å². The lowest BCUT2D eigenvalue weighted by Gasteiger charge is -2.10. The second-order valence-corrected chi connectivity index (χ2v) is 5.25. The van der Waals surface area contributed by atoms with Gasteiger partial charge in [-0.05, 0) is 18.6 Å². The van der Waals surface area contributed by atoms with E-state index in [1.807, 2.05) is 0 Å². The highest BCUT2D eigenvalue weighted by molar-refractivity contribution is 8.00. The molecule has 2 N–H and O–H groups in total. The Labute approximate surface area is 104 Å². The van der Waals surface area contributed by atoms with E-state index in [1.54, 1.807) is 26.0 Å². The fourth-order valence-corrected chi connectivity index (χ4v) is 2.20. The number of nitro benzene ring substituents is 1. The van der Waals surface area contributed by atoms with E-state index in [0.29, 0.717) is 10.5 Å². The minimum absolute atomic E-state index is 0.0336. The second-order valence-electron chi connectivity index (χ2n) is 3.77. The van der Waals surface area contributed by atoms with Crippen molar-refractivity contribution in [3.8, 4) is 0 Å². The summed E-state index contributed by atoms with van der Waals surface area (Å²) in [6.07, 6.45) is -0.733. The number of thioether (sulfide) groups is 1. The van der Waals surface area contributed by atoms with Crippen molar-refractivity contribution < 1.29 is 15.1 Å². The van der Waals surface area contributed by atoms with Gasteiger partial charge in [0, 0.05) is 11.3 Å². The van der Waals surface area contributed by atoms with Gasteiger partial charge in [-0.25, -0.2) is 0 Å². The van der Waals surface area contributed by atoms with Crippen molar-refractivity contribution in [2.75, 3.05) is 6.61 Å². The van der Waals surface area contributed by atoms with Gasteiger partial charge in [-0.3, -0.25) is 10.1 Å². The highest BCUT2D eigenvalue weighted by atomic mass is 32.2. The zero-order chi connectivity index (χ0) is 13.0. The lowest BCUT2D eigenvalue weighted by Crippen LogP contribution is -2.03. The van der Waals surface area contributed by atoms with Crippen LogP contribution in [-0.2, 0) is 0 Å². The molecule has 0 aliphatic rings. The Morgan fingerprint density at radius 3 is 2.59 bits per heavy atom. The molecule has 6 heteroatoms. The second kappa shape index (κ2) is 6.00. The van der Waals surface area contributed by atoms with Crippen molar-refractivity contribution in [3.05, 3.63) is 33.9 Å². The van der Waals surface area contributed by atoms with Gasteiger partial charge < -0.3 is 10.2 Å². The summed E-state index contributed by atoms with van der Waals surface area (Å²) in [7, 11) is 0. The van der Waals surface area contributed by atoms with Crippen molar-refractivity contribution in [1.29, 1.82) is 0 Å². The topological polar surface area (TPSA) is 83.6 Å². The normalized spacial score (nSPS) is 14.4. The molecule has 0 spiro atoms. The van der Waals surface area contributed by atoms with E-state index in [4.69, 9.17) is 5.11 Å². The van der Waals surface area contributed by atoms with Crippen LogP contribution in [0.5, 0.6) is 0 Å². The number of benzene rings is 1. The van der Waals surface area contributed by atoms with Crippen molar-refractivity contribution in [3.63, 3.8) is 0 Å². The van der Waals surface area contributed by atoms with Gasteiger partial charge in [0.1, 0.15) is 0 Å². The molecule has 0 saturated heterocycles. The van der Waals surface area contributed by atoms with E-state index in [1.165, 1.54) is 17.8 Å². The Hall–Kier alpha value is -1.11. The molecule has 1 rings (SSSR count). The van der Waals surface area contributed by atoms with Crippen LogP contribution in [0.15, 0.2) is 23.1 Å². The third-order valence-electron chi connectivity index (χ3n) is 2.25. The summed E-state index contributed by atoms with van der Waals surface area (Å²) in [5, 5.41) is 29.1. The highest BCUT2D eigenvalue weighted by Gasteiger charge is 2.18. The smallest absolute Gasteiger partial charge is 0.283 e. The van der Waals surface area contributed by atoms with Crippen LogP contribution in [-0.4, -0.2) is 27.0 Å². The molecular formula is C11H15NO4S. The summed E-state index contributed by atoms with van der Waals surface area (Å²) in [6.45, 7) is 3.30. The van der Waals surface area contributed by atoms with E-state index >= 15 is 0 Å². The van der Waals surface area contributed by atoms with E-state index in [2.05, 4.69) is 0 Å². The first-order chi connectivity index (χ1) is 7.95. The first kappa shape index (κ1) is 14.0. The monoisotopic (exact) mass is 257 g/mol. The molecule has 5 nitrogen and oxygen atoms in total. The maximum Gasteiger partial charge on any atom is 0.283 e. The van der Waals surface area contributed by atoms with Crippen LogP contribution in [0.1, 0.15) is 25.5 Å². The molecule has 1 aromatic carbocycles. The molecule has 0 radical (unpaired) electrons. The lowest BCUT2D eigenvalue weighted by atomic mass is 10.1. The number of aliphatic hydroxyl groups excluding tert-OH is 2. The minimum atomic E-state index is -0.733. The fraction of sp³-hybridized carbons (Fsp3) is 0.455. The molecule has 1 aromatic rings. The number of hydrogen-bond donors (Lipinski definition) is 2. The Kier molecular flexibility index (Phi) is 4.92. The predicted molar refractivity (Wildman–Crippen MR) is 66.1 cm³/mol. The molecular weight excluding hydrogens is 242 g/mol. The van der Waals surface area contributed by atoms with Gasteiger partial charge in [0.05, 0.1) is 22.5 Å². The third kappa shape index (κ3) is 3.69. The summed E-state index contributed by atoms with van der Waals surface area (Å²) < 4.78 is 0. The van der Waals surface area contributed by atoms with E-state index < -0.39 is 11.0 Å². The first-order valence-electron chi connectivity index (χ1n) is 5.19. The molecule has 1 unspecified atom stereocenters. The van der Waals surface area contributed by atoms with Crippen LogP contribution in [0, 0.1) is 10.1 Å². The number of nitrogens with zero attached hydrogens (tertiary/aromatic N) is 1. The number of aliphatic hydroxyl groups is 2. The SMILES string of the molecule is CC(CO)Sc1ccc([C@@H](C)O)cc1[N+](=O)[O-]. The molecule has 2 atom stereocenters. The molecule has 94 valence electrons. The lowest BCUT2D eigenvalue weighted by molar-refractivity contribution is -0.387. The fourth-order valence-electron chi connectivity index (χ4n) is 1.29. The highest BCUT2D eigenvalue weighted by Crippen LogP contribution is 2.33. The molecule has 0 bridgehead atoms. The first-order valence-corrected chi connectivity index (χ1v) is 6.07. The average Bonchev–Trinajstić information content (AvgIpc) is 2.28. The Morgan fingerprint density at radius 2 is 2.12 bits per heavy atom. The van der Waals surface area contributed by atoms with Crippen LogP contribution in [0.3, 0.4) is 0 Å². The van der Waals surface area contributed by atoms with E-state index in [9.17, 15) is 15.2 Å². The predicted octanol–water partition coefficient (Wildman–Crippen LogP) is 2.12. The van der Waals surface area contributed by atoms with Gasteiger partial charge in [0.25, 0.3) is 5.69 Å². The summed E-state index contributed by atoms with van der Waals surface area (Å²) in [5.74, 6) is 0.